The van der Waals surface area contributed by atoms with Crippen LogP contribution in [0, 0.1) is 0 Å². The van der Waals surface area contributed by atoms with Crippen molar-refractivity contribution in [3.63, 3.8) is 0 Å². The fourth-order valence-corrected chi connectivity index (χ4v) is 6.93. The highest BCUT2D eigenvalue weighted by Crippen LogP contribution is 2.23. The van der Waals surface area contributed by atoms with E-state index in [1.54, 1.807) is 12.0 Å². The van der Waals surface area contributed by atoms with Crippen LogP contribution < -0.4 is 14.4 Å². The van der Waals surface area contributed by atoms with Gasteiger partial charge in [-0.25, -0.2) is 8.42 Å². The zero-order valence-electron chi connectivity index (χ0n) is 26.8. The lowest BCUT2D eigenvalue weighted by atomic mass is 9.94. The van der Waals surface area contributed by atoms with Crippen molar-refractivity contribution in [3.05, 3.63) is 95.6 Å². The number of hydrogen-bond donors (Lipinski definition) is 1. The van der Waals surface area contributed by atoms with Crippen molar-refractivity contribution in [2.75, 3.05) is 24.2 Å². The molecule has 0 bridgehead atoms. The maximum absolute atomic E-state index is 14.1. The summed E-state index contributed by atoms with van der Waals surface area (Å²) >= 11 is 0. The van der Waals surface area contributed by atoms with Gasteiger partial charge in [0.15, 0.2) is 0 Å². The minimum atomic E-state index is -3.57. The molecule has 1 unspecified atom stereocenters. The summed E-state index contributed by atoms with van der Waals surface area (Å²) in [5.41, 5.74) is 3.50. The van der Waals surface area contributed by atoms with E-state index < -0.39 is 16.1 Å². The summed E-state index contributed by atoms with van der Waals surface area (Å²) in [6.45, 7) is 2.42. The molecular weight excluding hydrogens is 586 g/mol. The molecule has 1 aliphatic carbocycles. The Labute approximate surface area is 268 Å². The Morgan fingerprint density at radius 1 is 0.911 bits per heavy atom. The number of nitrogens with one attached hydrogen (secondary N) is 1. The van der Waals surface area contributed by atoms with Gasteiger partial charge in [0, 0.05) is 32.0 Å². The van der Waals surface area contributed by atoms with E-state index in [1.165, 1.54) is 17.0 Å². The summed E-state index contributed by atoms with van der Waals surface area (Å²) in [6.07, 6.45) is 8.02. The van der Waals surface area contributed by atoms with Crippen LogP contribution in [0.2, 0.25) is 0 Å². The maximum Gasteiger partial charge on any atom is 0.243 e. The zero-order chi connectivity index (χ0) is 32.2. The third-order valence-corrected chi connectivity index (χ3v) is 9.69. The molecule has 0 saturated heterocycles. The molecule has 8 nitrogen and oxygen atoms in total. The number of aryl methyl sites for hydroxylation is 1. The molecule has 1 N–H and O–H groups in total. The van der Waals surface area contributed by atoms with Gasteiger partial charge >= 0.3 is 0 Å². The van der Waals surface area contributed by atoms with Crippen LogP contribution >= 0.6 is 0 Å². The van der Waals surface area contributed by atoms with Gasteiger partial charge in [-0.1, -0.05) is 80.8 Å². The number of carbonyl (C=O) groups excluding carboxylic acids is 2. The van der Waals surface area contributed by atoms with Gasteiger partial charge < -0.3 is 15.0 Å². The van der Waals surface area contributed by atoms with E-state index in [2.05, 4.69) is 5.32 Å². The molecule has 0 aliphatic heterocycles. The van der Waals surface area contributed by atoms with E-state index in [9.17, 15) is 18.0 Å². The Hall–Kier alpha value is -3.85. The van der Waals surface area contributed by atoms with Gasteiger partial charge in [-0.3, -0.25) is 13.9 Å². The molecule has 0 radical (unpaired) electrons. The van der Waals surface area contributed by atoms with Crippen LogP contribution in [0.3, 0.4) is 0 Å². The van der Waals surface area contributed by atoms with Crippen molar-refractivity contribution in [1.82, 2.24) is 10.2 Å². The summed E-state index contributed by atoms with van der Waals surface area (Å²) in [7, 11) is -1.97. The lowest BCUT2D eigenvalue weighted by Gasteiger charge is -2.34. The highest BCUT2D eigenvalue weighted by atomic mass is 32.2. The number of hydrogen-bond acceptors (Lipinski definition) is 5. The number of benzene rings is 3. The van der Waals surface area contributed by atoms with Crippen molar-refractivity contribution < 1.29 is 22.7 Å². The topological polar surface area (TPSA) is 96.0 Å². The Bertz CT molecular complexity index is 1490. The molecular formula is C36H47N3O5S. The number of amides is 2. The van der Waals surface area contributed by atoms with E-state index in [0.717, 1.165) is 48.8 Å². The Morgan fingerprint density at radius 2 is 1.60 bits per heavy atom. The number of ether oxygens (including phenoxy) is 1. The monoisotopic (exact) mass is 633 g/mol. The first kappa shape index (κ1) is 34.0. The Balaban J connectivity index is 1.59. The number of nitrogens with zero attached hydrogens (tertiary/aromatic N) is 2. The fraction of sp³-hybridized carbons (Fsp3) is 0.444. The van der Waals surface area contributed by atoms with Crippen molar-refractivity contribution in [2.45, 2.75) is 83.3 Å². The standard InChI is InChI=1S/C36H47N3O5S/c1-4-28-20-22-32(23-21-28)39(45(3,42)43)24-12-19-35(40)38(27-30-15-11-18-33(25-30)44-2)34(26-29-13-7-5-8-14-29)36(41)37-31-16-9-6-10-17-31/h5,7-8,11,13-15,18,20-23,25,31,34H,4,6,9-10,12,16-17,19,24,26-27H2,1-3H3,(H,37,41). The van der Waals surface area contributed by atoms with Gasteiger partial charge in [0.25, 0.3) is 0 Å². The molecule has 1 atom stereocenters. The smallest absolute Gasteiger partial charge is 0.243 e. The van der Waals surface area contributed by atoms with Crippen LogP contribution in [0.25, 0.3) is 0 Å². The summed E-state index contributed by atoms with van der Waals surface area (Å²) < 4.78 is 32.3. The molecule has 1 aliphatic rings. The molecule has 45 heavy (non-hydrogen) atoms. The van der Waals surface area contributed by atoms with Crippen LogP contribution in [-0.2, 0) is 39.0 Å². The lowest BCUT2D eigenvalue weighted by Crippen LogP contribution is -2.52. The number of carbonyl (C=O) groups is 2. The van der Waals surface area contributed by atoms with Crippen LogP contribution in [0.1, 0.15) is 68.6 Å². The minimum absolute atomic E-state index is 0.0883. The Kier molecular flexibility index (Phi) is 12.4. The minimum Gasteiger partial charge on any atom is -0.497 e. The van der Waals surface area contributed by atoms with E-state index >= 15 is 0 Å². The van der Waals surface area contributed by atoms with Gasteiger partial charge in [-0.15, -0.1) is 0 Å². The van der Waals surface area contributed by atoms with Crippen molar-refractivity contribution >= 4 is 27.5 Å². The average Bonchev–Trinajstić information content (AvgIpc) is 3.05. The van der Waals surface area contributed by atoms with Gasteiger partial charge in [0.2, 0.25) is 21.8 Å². The number of sulfonamides is 1. The third-order valence-electron chi connectivity index (χ3n) is 8.49. The van der Waals surface area contributed by atoms with Crippen LogP contribution in [-0.4, -0.2) is 57.1 Å². The largest absolute Gasteiger partial charge is 0.497 e. The predicted molar refractivity (Wildman–Crippen MR) is 180 cm³/mol. The number of anilines is 1. The number of rotatable bonds is 15. The molecule has 9 heteroatoms. The molecule has 242 valence electrons. The molecule has 0 spiro atoms. The SMILES string of the molecule is CCc1ccc(N(CCCC(=O)N(Cc2cccc(OC)c2)C(Cc2ccccc2)C(=O)NC2CCCCC2)S(C)(=O)=O)cc1. The number of methoxy groups -OCH3 is 1. The van der Waals surface area contributed by atoms with E-state index in [1.807, 2.05) is 85.8 Å². The second-order valence-electron chi connectivity index (χ2n) is 11.9. The zero-order valence-corrected chi connectivity index (χ0v) is 27.6. The molecule has 3 aromatic carbocycles. The van der Waals surface area contributed by atoms with Crippen LogP contribution in [0.5, 0.6) is 5.75 Å². The van der Waals surface area contributed by atoms with Gasteiger partial charge in [0.05, 0.1) is 19.1 Å². The summed E-state index contributed by atoms with van der Waals surface area (Å²) in [5.74, 6) is 0.312. The molecule has 0 aromatic heterocycles. The predicted octanol–water partition coefficient (Wildman–Crippen LogP) is 5.89. The second-order valence-corrected chi connectivity index (χ2v) is 13.8. The molecule has 1 saturated carbocycles. The van der Waals surface area contributed by atoms with Crippen molar-refractivity contribution in [3.8, 4) is 5.75 Å². The van der Waals surface area contributed by atoms with Crippen molar-refractivity contribution in [1.29, 1.82) is 0 Å². The molecule has 2 amide bonds. The van der Waals surface area contributed by atoms with Gasteiger partial charge in [0.1, 0.15) is 11.8 Å². The first-order valence-corrected chi connectivity index (χ1v) is 17.9. The van der Waals surface area contributed by atoms with Crippen LogP contribution in [0.15, 0.2) is 78.9 Å². The van der Waals surface area contributed by atoms with Gasteiger partial charge in [-0.2, -0.15) is 0 Å². The quantitative estimate of drug-likeness (QED) is 0.225. The molecule has 0 heterocycles. The molecule has 1 fully saturated rings. The highest BCUT2D eigenvalue weighted by molar-refractivity contribution is 7.92. The van der Waals surface area contributed by atoms with Crippen molar-refractivity contribution in [2.24, 2.45) is 0 Å². The van der Waals surface area contributed by atoms with E-state index in [4.69, 9.17) is 4.74 Å². The van der Waals surface area contributed by atoms with Crippen LogP contribution in [0.4, 0.5) is 5.69 Å². The maximum atomic E-state index is 14.1. The van der Waals surface area contributed by atoms with E-state index in [-0.39, 0.29) is 37.4 Å². The molecule has 3 aromatic rings. The second kappa shape index (κ2) is 16.5. The average molecular weight is 634 g/mol. The summed E-state index contributed by atoms with van der Waals surface area (Å²) in [4.78, 5) is 29.8. The summed E-state index contributed by atoms with van der Waals surface area (Å²) in [6, 6.07) is 24.1. The summed E-state index contributed by atoms with van der Waals surface area (Å²) in [5, 5.41) is 3.26. The fourth-order valence-electron chi connectivity index (χ4n) is 5.97. The van der Waals surface area contributed by atoms with E-state index in [0.29, 0.717) is 24.3 Å². The first-order chi connectivity index (χ1) is 21.7. The van der Waals surface area contributed by atoms with Gasteiger partial charge in [-0.05, 0) is 66.6 Å². The first-order valence-electron chi connectivity index (χ1n) is 16.0. The lowest BCUT2D eigenvalue weighted by molar-refractivity contribution is -0.141. The normalized spacial score (nSPS) is 14.4. The molecule has 4 rings (SSSR count). The Morgan fingerprint density at radius 3 is 2.24 bits per heavy atom. The highest BCUT2D eigenvalue weighted by Gasteiger charge is 2.32. The third kappa shape index (κ3) is 10.1.